The highest BCUT2D eigenvalue weighted by Gasteiger charge is 2.40. The number of hydrogen-bond acceptors (Lipinski definition) is 2. The number of fused-ring (bicyclic) bond motifs is 2. The summed E-state index contributed by atoms with van der Waals surface area (Å²) in [6, 6.07) is 8.23. The molecular formula is C16H20N2O. The Morgan fingerprint density at radius 2 is 1.89 bits per heavy atom. The lowest BCUT2D eigenvalue weighted by Gasteiger charge is -2.21. The fourth-order valence-corrected chi connectivity index (χ4v) is 4.08. The van der Waals surface area contributed by atoms with Crippen molar-refractivity contribution in [2.45, 2.75) is 31.7 Å². The molecule has 3 nitrogen and oxygen atoms in total. The van der Waals surface area contributed by atoms with Gasteiger partial charge < -0.3 is 10.2 Å². The van der Waals surface area contributed by atoms with Crippen LogP contribution in [0.5, 0.6) is 0 Å². The topological polar surface area (TPSA) is 32.3 Å². The number of carbonyl (C=O) groups excluding carboxylic acids is 1. The van der Waals surface area contributed by atoms with Crippen molar-refractivity contribution in [1.29, 1.82) is 0 Å². The molecule has 3 atom stereocenters. The number of likely N-dealkylation sites (tertiary alicyclic amines) is 1. The monoisotopic (exact) mass is 256 g/mol. The predicted molar refractivity (Wildman–Crippen MR) is 75.0 cm³/mol. The lowest BCUT2D eigenvalue weighted by atomic mass is 10.0. The average molecular weight is 256 g/mol. The first kappa shape index (κ1) is 11.3. The van der Waals surface area contributed by atoms with Gasteiger partial charge >= 0.3 is 0 Å². The van der Waals surface area contributed by atoms with Crippen LogP contribution in [0.3, 0.4) is 0 Å². The summed E-state index contributed by atoms with van der Waals surface area (Å²) in [5.74, 6) is 1.88. The van der Waals surface area contributed by atoms with Gasteiger partial charge in [0.15, 0.2) is 0 Å². The maximum Gasteiger partial charge on any atom is 0.245 e. The van der Waals surface area contributed by atoms with Gasteiger partial charge in [-0.2, -0.15) is 0 Å². The molecule has 2 aliphatic heterocycles. The summed E-state index contributed by atoms with van der Waals surface area (Å²) in [6.45, 7) is 2.00. The molecule has 1 aromatic rings. The maximum atomic E-state index is 12.6. The van der Waals surface area contributed by atoms with E-state index < -0.39 is 0 Å². The molecule has 0 bridgehead atoms. The van der Waals surface area contributed by atoms with E-state index in [0.717, 1.165) is 37.0 Å². The van der Waals surface area contributed by atoms with Crippen LogP contribution < -0.4 is 5.32 Å². The number of hydrogen-bond donors (Lipinski definition) is 1. The lowest BCUT2D eigenvalue weighted by molar-refractivity contribution is -0.131. The fraction of sp³-hybridized carbons (Fsp3) is 0.562. The van der Waals surface area contributed by atoms with Gasteiger partial charge in [-0.25, -0.2) is 0 Å². The highest BCUT2D eigenvalue weighted by atomic mass is 16.2. The van der Waals surface area contributed by atoms with Gasteiger partial charge in [0.25, 0.3) is 0 Å². The Bertz CT molecular complexity index is 476. The van der Waals surface area contributed by atoms with E-state index in [1.807, 2.05) is 12.1 Å². The minimum absolute atomic E-state index is 0.0313. The molecule has 2 heterocycles. The molecule has 0 spiro atoms. The predicted octanol–water partition coefficient (Wildman–Crippen LogP) is 2.28. The average Bonchev–Trinajstić information content (AvgIpc) is 3.10. The van der Waals surface area contributed by atoms with Crippen molar-refractivity contribution in [3.63, 3.8) is 0 Å². The molecule has 19 heavy (non-hydrogen) atoms. The van der Waals surface area contributed by atoms with E-state index in [0.29, 0.717) is 5.91 Å². The Hall–Kier alpha value is -1.51. The summed E-state index contributed by atoms with van der Waals surface area (Å²) in [6.07, 6.45) is 4.87. The number of para-hydroxylation sites is 1. The molecule has 4 rings (SSSR count). The van der Waals surface area contributed by atoms with Gasteiger partial charge in [-0.05, 0) is 36.3 Å². The summed E-state index contributed by atoms with van der Waals surface area (Å²) in [7, 11) is 0. The van der Waals surface area contributed by atoms with E-state index in [1.165, 1.54) is 24.8 Å². The van der Waals surface area contributed by atoms with Crippen molar-refractivity contribution in [2.75, 3.05) is 18.4 Å². The van der Waals surface area contributed by atoms with Crippen LogP contribution >= 0.6 is 0 Å². The Morgan fingerprint density at radius 1 is 1.16 bits per heavy atom. The molecule has 2 unspecified atom stereocenters. The summed E-state index contributed by atoms with van der Waals surface area (Å²) in [4.78, 5) is 14.7. The number of amides is 1. The summed E-state index contributed by atoms with van der Waals surface area (Å²) in [5, 5.41) is 3.39. The molecule has 0 aromatic heterocycles. The Kier molecular flexibility index (Phi) is 2.54. The van der Waals surface area contributed by atoms with Crippen molar-refractivity contribution in [1.82, 2.24) is 4.90 Å². The quantitative estimate of drug-likeness (QED) is 0.836. The second-order valence-electron chi connectivity index (χ2n) is 6.25. The molecule has 1 aliphatic carbocycles. The van der Waals surface area contributed by atoms with E-state index >= 15 is 0 Å². The largest absolute Gasteiger partial charge is 0.373 e. The summed E-state index contributed by atoms with van der Waals surface area (Å²) < 4.78 is 0. The molecule has 1 saturated heterocycles. The summed E-state index contributed by atoms with van der Waals surface area (Å²) in [5.41, 5.74) is 2.42. The van der Waals surface area contributed by atoms with Gasteiger partial charge in [0, 0.05) is 25.2 Å². The van der Waals surface area contributed by atoms with Crippen LogP contribution in [0.2, 0.25) is 0 Å². The summed E-state index contributed by atoms with van der Waals surface area (Å²) >= 11 is 0. The third-order valence-corrected chi connectivity index (χ3v) is 5.11. The van der Waals surface area contributed by atoms with Crippen molar-refractivity contribution < 1.29 is 4.79 Å². The number of anilines is 1. The number of benzene rings is 1. The van der Waals surface area contributed by atoms with Crippen molar-refractivity contribution >= 4 is 11.6 Å². The highest BCUT2D eigenvalue weighted by molar-refractivity contribution is 5.87. The molecule has 100 valence electrons. The standard InChI is InChI=1S/C16H20N2O/c19-16(18-9-12-5-3-6-13(12)10-18)15-8-11-4-1-2-7-14(11)17-15/h1-2,4,7,12-13,15,17H,3,5-6,8-10H2/t12?,13?,15-/m0/s1. The molecule has 1 saturated carbocycles. The number of nitrogens with one attached hydrogen (secondary N) is 1. The van der Waals surface area contributed by atoms with Crippen LogP contribution in [0, 0.1) is 11.8 Å². The van der Waals surface area contributed by atoms with Crippen molar-refractivity contribution in [2.24, 2.45) is 11.8 Å². The van der Waals surface area contributed by atoms with Crippen LogP contribution in [0.15, 0.2) is 24.3 Å². The van der Waals surface area contributed by atoms with Crippen LogP contribution in [0.4, 0.5) is 5.69 Å². The second-order valence-corrected chi connectivity index (χ2v) is 6.25. The SMILES string of the molecule is O=C([C@@H]1Cc2ccccc2N1)N1CC2CCCC2C1. The van der Waals surface area contributed by atoms with E-state index in [4.69, 9.17) is 0 Å². The Balaban J connectivity index is 1.46. The molecule has 3 heteroatoms. The highest BCUT2D eigenvalue weighted by Crippen LogP contribution is 2.38. The zero-order valence-corrected chi connectivity index (χ0v) is 11.1. The van der Waals surface area contributed by atoms with Gasteiger partial charge in [-0.15, -0.1) is 0 Å². The third kappa shape index (κ3) is 1.83. The molecular weight excluding hydrogens is 236 g/mol. The van der Waals surface area contributed by atoms with Gasteiger partial charge in [0.1, 0.15) is 6.04 Å². The normalized spacial score (nSPS) is 32.0. The molecule has 2 fully saturated rings. The number of rotatable bonds is 1. The molecule has 0 radical (unpaired) electrons. The lowest BCUT2D eigenvalue weighted by Crippen LogP contribution is -2.41. The van der Waals surface area contributed by atoms with Gasteiger partial charge in [0.2, 0.25) is 5.91 Å². The number of carbonyl (C=O) groups is 1. The first-order valence-corrected chi connectivity index (χ1v) is 7.44. The Morgan fingerprint density at radius 3 is 2.63 bits per heavy atom. The second kappa shape index (κ2) is 4.26. The van der Waals surface area contributed by atoms with E-state index in [2.05, 4.69) is 22.3 Å². The van der Waals surface area contributed by atoms with Crippen LogP contribution in [0.25, 0.3) is 0 Å². The molecule has 1 amide bonds. The van der Waals surface area contributed by atoms with Crippen LogP contribution in [0.1, 0.15) is 24.8 Å². The zero-order valence-electron chi connectivity index (χ0n) is 11.1. The van der Waals surface area contributed by atoms with Gasteiger partial charge in [-0.3, -0.25) is 4.79 Å². The van der Waals surface area contributed by atoms with E-state index in [1.54, 1.807) is 0 Å². The van der Waals surface area contributed by atoms with Crippen molar-refractivity contribution in [3.8, 4) is 0 Å². The minimum atomic E-state index is -0.0313. The first-order valence-electron chi connectivity index (χ1n) is 7.44. The maximum absolute atomic E-state index is 12.6. The zero-order chi connectivity index (χ0) is 12.8. The van der Waals surface area contributed by atoms with Crippen LogP contribution in [-0.4, -0.2) is 29.9 Å². The molecule has 3 aliphatic rings. The number of nitrogens with zero attached hydrogens (tertiary/aromatic N) is 1. The van der Waals surface area contributed by atoms with E-state index in [-0.39, 0.29) is 6.04 Å². The minimum Gasteiger partial charge on any atom is -0.373 e. The van der Waals surface area contributed by atoms with Crippen molar-refractivity contribution in [3.05, 3.63) is 29.8 Å². The third-order valence-electron chi connectivity index (χ3n) is 5.11. The van der Waals surface area contributed by atoms with Gasteiger partial charge in [-0.1, -0.05) is 24.6 Å². The fourth-order valence-electron chi connectivity index (χ4n) is 4.08. The smallest absolute Gasteiger partial charge is 0.245 e. The molecule has 1 aromatic carbocycles. The van der Waals surface area contributed by atoms with Crippen LogP contribution in [-0.2, 0) is 11.2 Å². The first-order chi connectivity index (χ1) is 9.31. The Labute approximate surface area is 114 Å². The van der Waals surface area contributed by atoms with E-state index in [9.17, 15) is 4.79 Å². The molecule has 1 N–H and O–H groups in total. The van der Waals surface area contributed by atoms with Gasteiger partial charge in [0.05, 0.1) is 0 Å².